The molecule has 1 rings (SSSR count). The third kappa shape index (κ3) is 4.38. The van der Waals surface area contributed by atoms with E-state index in [1.54, 1.807) is 6.07 Å². The van der Waals surface area contributed by atoms with Crippen molar-refractivity contribution in [2.75, 3.05) is 20.2 Å². The van der Waals surface area contributed by atoms with Crippen LogP contribution in [0.3, 0.4) is 0 Å². The van der Waals surface area contributed by atoms with Crippen molar-refractivity contribution in [1.29, 1.82) is 5.26 Å². The first-order chi connectivity index (χ1) is 9.60. The van der Waals surface area contributed by atoms with Crippen LogP contribution in [-0.2, 0) is 0 Å². The first-order valence-corrected chi connectivity index (χ1v) is 6.12. The van der Waals surface area contributed by atoms with E-state index in [-0.39, 0.29) is 25.1 Å². The minimum absolute atomic E-state index is 0.0434. The van der Waals surface area contributed by atoms with Crippen LogP contribution < -0.4 is 0 Å². The fourth-order valence-corrected chi connectivity index (χ4v) is 1.51. The number of benzene rings is 1. The van der Waals surface area contributed by atoms with E-state index in [0.717, 1.165) is 0 Å². The molecule has 1 aromatic rings. The van der Waals surface area contributed by atoms with Crippen molar-refractivity contribution < 1.29 is 14.3 Å². The zero-order chi connectivity index (χ0) is 15.0. The van der Waals surface area contributed by atoms with Crippen molar-refractivity contribution in [3.63, 3.8) is 0 Å². The van der Waals surface area contributed by atoms with Gasteiger partial charge >= 0.3 is 0 Å². The van der Waals surface area contributed by atoms with E-state index in [1.165, 1.54) is 24.1 Å². The molecule has 104 valence electrons. The van der Waals surface area contributed by atoms with Gasteiger partial charge in [-0.2, -0.15) is 5.26 Å². The largest absolute Gasteiger partial charge is 0.395 e. The maximum absolute atomic E-state index is 13.9. The van der Waals surface area contributed by atoms with Crippen molar-refractivity contribution in [2.24, 2.45) is 0 Å². The summed E-state index contributed by atoms with van der Waals surface area (Å²) in [5, 5.41) is 17.1. The van der Waals surface area contributed by atoms with Gasteiger partial charge in [0.05, 0.1) is 24.7 Å². The number of rotatable bonds is 4. The summed E-state index contributed by atoms with van der Waals surface area (Å²) >= 11 is 0. The second-order valence-corrected chi connectivity index (χ2v) is 4.10. The molecule has 0 atom stereocenters. The van der Waals surface area contributed by atoms with E-state index in [1.807, 2.05) is 6.07 Å². The number of hydrogen-bond acceptors (Lipinski definition) is 3. The molecule has 0 unspecified atom stereocenters. The number of halogens is 1. The number of aliphatic hydroxyl groups is 1. The summed E-state index contributed by atoms with van der Waals surface area (Å²) in [6.45, 7) is 0.211. The van der Waals surface area contributed by atoms with Crippen LogP contribution in [0.5, 0.6) is 0 Å². The molecule has 0 saturated carbocycles. The van der Waals surface area contributed by atoms with Gasteiger partial charge in [0.2, 0.25) is 0 Å². The van der Waals surface area contributed by atoms with E-state index < -0.39 is 11.7 Å². The number of amides is 1. The van der Waals surface area contributed by atoms with E-state index in [2.05, 4.69) is 11.8 Å². The molecule has 0 spiro atoms. The number of nitriles is 1. The maximum Gasteiger partial charge on any atom is 0.256 e. The second-order valence-electron chi connectivity index (χ2n) is 4.10. The minimum Gasteiger partial charge on any atom is -0.395 e. The number of aliphatic hydroxyl groups excluding tert-OH is 1. The Bertz CT molecular complexity index is 582. The fourth-order valence-electron chi connectivity index (χ4n) is 1.51. The van der Waals surface area contributed by atoms with Crippen LogP contribution in [0, 0.1) is 29.0 Å². The summed E-state index contributed by atoms with van der Waals surface area (Å²) in [5.74, 6) is 4.27. The molecule has 0 aliphatic heterocycles. The molecule has 1 N–H and O–H groups in total. The summed E-state index contributed by atoms with van der Waals surface area (Å²) in [5.41, 5.74) is 0.408. The van der Waals surface area contributed by atoms with Gasteiger partial charge in [-0.25, -0.2) is 4.39 Å². The Kier molecular flexibility index (Phi) is 6.22. The number of carbonyl (C=O) groups excluding carboxylic acids is 1. The monoisotopic (exact) mass is 274 g/mol. The normalized spacial score (nSPS) is 9.30. The second kappa shape index (κ2) is 7.93. The summed E-state index contributed by atoms with van der Waals surface area (Å²) in [6, 6.07) is 6.05. The third-order valence-corrected chi connectivity index (χ3v) is 2.57. The molecule has 5 heteroatoms. The Hall–Kier alpha value is -2.37. The molecule has 0 aromatic heterocycles. The fraction of sp³-hybridized carbons (Fsp3) is 0.333. The lowest BCUT2D eigenvalue weighted by molar-refractivity contribution is 0.0793. The molecule has 1 aromatic carbocycles. The van der Waals surface area contributed by atoms with Gasteiger partial charge in [0, 0.05) is 25.6 Å². The zero-order valence-electron chi connectivity index (χ0n) is 11.2. The van der Waals surface area contributed by atoms with Crippen LogP contribution in [-0.4, -0.2) is 36.1 Å². The predicted octanol–water partition coefficient (Wildman–Crippen LogP) is 1.55. The van der Waals surface area contributed by atoms with Crippen molar-refractivity contribution in [3.8, 4) is 17.9 Å². The molecule has 0 fully saturated rings. The van der Waals surface area contributed by atoms with Gasteiger partial charge in [-0.3, -0.25) is 4.79 Å². The van der Waals surface area contributed by atoms with E-state index in [0.29, 0.717) is 12.0 Å². The molecule has 20 heavy (non-hydrogen) atoms. The van der Waals surface area contributed by atoms with Gasteiger partial charge in [0.15, 0.2) is 0 Å². The van der Waals surface area contributed by atoms with Crippen molar-refractivity contribution in [3.05, 3.63) is 35.1 Å². The van der Waals surface area contributed by atoms with Gasteiger partial charge in [-0.05, 0) is 18.2 Å². The molecular formula is C15H15FN2O2. The quantitative estimate of drug-likeness (QED) is 0.847. The third-order valence-electron chi connectivity index (χ3n) is 2.57. The SMILES string of the molecule is CN(CCC#N)C(=O)c1ccc(C#CCCO)cc1F. The van der Waals surface area contributed by atoms with Crippen LogP contribution in [0.2, 0.25) is 0 Å². The lowest BCUT2D eigenvalue weighted by atomic mass is 10.1. The molecule has 0 radical (unpaired) electrons. The first kappa shape index (κ1) is 15.7. The molecule has 0 saturated heterocycles. The van der Waals surface area contributed by atoms with Crippen LogP contribution >= 0.6 is 0 Å². The molecule has 0 bridgehead atoms. The first-order valence-electron chi connectivity index (χ1n) is 6.12. The lowest BCUT2D eigenvalue weighted by Crippen LogP contribution is -2.28. The average molecular weight is 274 g/mol. The highest BCUT2D eigenvalue weighted by molar-refractivity contribution is 5.94. The van der Waals surface area contributed by atoms with Gasteiger partial charge in [-0.1, -0.05) is 11.8 Å². The average Bonchev–Trinajstić information content (AvgIpc) is 2.44. The summed E-state index contributed by atoms with van der Waals surface area (Å²) in [7, 11) is 1.52. The Morgan fingerprint density at radius 3 is 2.80 bits per heavy atom. The molecule has 0 aliphatic rings. The Balaban J connectivity index is 2.86. The number of carbonyl (C=O) groups is 1. The van der Waals surface area contributed by atoms with E-state index >= 15 is 0 Å². The Morgan fingerprint density at radius 2 is 2.20 bits per heavy atom. The highest BCUT2D eigenvalue weighted by Crippen LogP contribution is 2.12. The summed E-state index contributed by atoms with van der Waals surface area (Å²) in [6.07, 6.45) is 0.522. The predicted molar refractivity (Wildman–Crippen MR) is 72.2 cm³/mol. The van der Waals surface area contributed by atoms with Crippen LogP contribution in [0.25, 0.3) is 0 Å². The number of nitrogens with zero attached hydrogens (tertiary/aromatic N) is 2. The summed E-state index contributed by atoms with van der Waals surface area (Å²) in [4.78, 5) is 13.3. The smallest absolute Gasteiger partial charge is 0.256 e. The summed E-state index contributed by atoms with van der Waals surface area (Å²) < 4.78 is 13.9. The Morgan fingerprint density at radius 1 is 1.45 bits per heavy atom. The van der Waals surface area contributed by atoms with Gasteiger partial charge in [0.1, 0.15) is 5.82 Å². The van der Waals surface area contributed by atoms with Gasteiger partial charge in [-0.15, -0.1) is 0 Å². The zero-order valence-corrected chi connectivity index (χ0v) is 11.2. The topological polar surface area (TPSA) is 64.3 Å². The highest BCUT2D eigenvalue weighted by atomic mass is 19.1. The van der Waals surface area contributed by atoms with Crippen LogP contribution in [0.4, 0.5) is 4.39 Å². The highest BCUT2D eigenvalue weighted by Gasteiger charge is 2.15. The van der Waals surface area contributed by atoms with E-state index in [4.69, 9.17) is 10.4 Å². The van der Waals surface area contributed by atoms with Crippen LogP contribution in [0.1, 0.15) is 28.8 Å². The lowest BCUT2D eigenvalue weighted by Gasteiger charge is -2.15. The molecular weight excluding hydrogens is 259 g/mol. The van der Waals surface area contributed by atoms with Crippen molar-refractivity contribution in [2.45, 2.75) is 12.8 Å². The van der Waals surface area contributed by atoms with Crippen LogP contribution in [0.15, 0.2) is 18.2 Å². The molecule has 4 nitrogen and oxygen atoms in total. The van der Waals surface area contributed by atoms with E-state index in [9.17, 15) is 9.18 Å². The molecule has 0 heterocycles. The standard InChI is InChI=1S/C15H15FN2O2/c1-18(9-4-8-17)15(20)13-7-6-12(11-14(13)16)5-2-3-10-19/h6-7,11,19H,3-4,9-10H2,1H3. The van der Waals surface area contributed by atoms with Gasteiger partial charge in [0.25, 0.3) is 5.91 Å². The maximum atomic E-state index is 13.9. The number of hydrogen-bond donors (Lipinski definition) is 1. The minimum atomic E-state index is -0.644. The van der Waals surface area contributed by atoms with Gasteiger partial charge < -0.3 is 10.0 Å². The van der Waals surface area contributed by atoms with Crippen molar-refractivity contribution >= 4 is 5.91 Å². The Labute approximate surface area is 117 Å². The molecule has 1 amide bonds. The van der Waals surface area contributed by atoms with Crippen molar-refractivity contribution in [1.82, 2.24) is 4.90 Å². The molecule has 0 aliphatic carbocycles.